The molecule has 1 aliphatic heterocycles. The summed E-state index contributed by atoms with van der Waals surface area (Å²) in [6, 6.07) is 6.04. The van der Waals surface area contributed by atoms with Crippen molar-refractivity contribution >= 4 is 5.82 Å². The molecular formula is C19H23N7O. The van der Waals surface area contributed by atoms with Crippen LogP contribution in [0.5, 0.6) is 0 Å². The van der Waals surface area contributed by atoms with Gasteiger partial charge in [0, 0.05) is 30.6 Å². The molecule has 0 radical (unpaired) electrons. The fourth-order valence-corrected chi connectivity index (χ4v) is 3.74. The van der Waals surface area contributed by atoms with Gasteiger partial charge >= 0.3 is 0 Å². The van der Waals surface area contributed by atoms with Gasteiger partial charge in [-0.05, 0) is 57.7 Å². The maximum atomic E-state index is 5.41. The van der Waals surface area contributed by atoms with E-state index in [1.165, 1.54) is 12.8 Å². The average molecular weight is 365 g/mol. The minimum absolute atomic E-state index is 0.374. The number of aryl methyl sites for hydroxylation is 2. The lowest BCUT2D eigenvalue weighted by Crippen LogP contribution is -2.34. The van der Waals surface area contributed by atoms with Crippen molar-refractivity contribution < 1.29 is 4.52 Å². The Bertz CT molecular complexity index is 933. The van der Waals surface area contributed by atoms with Crippen molar-refractivity contribution in [3.05, 3.63) is 41.3 Å². The lowest BCUT2D eigenvalue weighted by Gasteiger charge is -2.31. The number of hydrogen-bond donors (Lipinski definition) is 0. The van der Waals surface area contributed by atoms with E-state index in [1.54, 1.807) is 0 Å². The minimum atomic E-state index is 0.374. The summed E-state index contributed by atoms with van der Waals surface area (Å²) in [5.41, 5.74) is 2.04. The normalized spacial score (nSPS) is 18.2. The van der Waals surface area contributed by atoms with Crippen LogP contribution in [0.2, 0.25) is 0 Å². The van der Waals surface area contributed by atoms with Gasteiger partial charge < -0.3 is 9.42 Å². The summed E-state index contributed by atoms with van der Waals surface area (Å²) >= 11 is 0. The smallest absolute Gasteiger partial charge is 0.229 e. The Morgan fingerprint density at radius 3 is 2.33 bits per heavy atom. The van der Waals surface area contributed by atoms with Crippen LogP contribution in [0.1, 0.15) is 60.6 Å². The number of nitrogens with zero attached hydrogens (tertiary/aromatic N) is 7. The van der Waals surface area contributed by atoms with Crippen molar-refractivity contribution in [1.29, 1.82) is 0 Å². The molecule has 5 rings (SSSR count). The zero-order valence-corrected chi connectivity index (χ0v) is 15.7. The highest BCUT2D eigenvalue weighted by Crippen LogP contribution is 2.39. The first-order valence-corrected chi connectivity index (χ1v) is 9.63. The molecule has 0 atom stereocenters. The highest BCUT2D eigenvalue weighted by molar-refractivity contribution is 5.40. The average Bonchev–Trinajstić information content (AvgIpc) is 3.32. The Morgan fingerprint density at radius 2 is 1.70 bits per heavy atom. The highest BCUT2D eigenvalue weighted by atomic mass is 16.5. The standard InChI is InChI=1S/C19H23N7O/c1-12-11-13(2)26(23-12)17-6-5-16(21-22-17)25-9-7-14(8-10-25)18-20-19(27-24-18)15-3-4-15/h5-6,11,14-15H,3-4,7-10H2,1-2H3. The SMILES string of the molecule is Cc1cc(C)n(-c2ccc(N3CCC(c4noc(C5CC5)n4)CC3)nn2)n1. The summed E-state index contributed by atoms with van der Waals surface area (Å²) in [5, 5.41) is 17.5. The Hall–Kier alpha value is -2.77. The van der Waals surface area contributed by atoms with E-state index < -0.39 is 0 Å². The summed E-state index contributed by atoms with van der Waals surface area (Å²) in [4.78, 5) is 6.89. The predicted molar refractivity (Wildman–Crippen MR) is 99.1 cm³/mol. The van der Waals surface area contributed by atoms with Crippen LogP contribution in [0, 0.1) is 13.8 Å². The van der Waals surface area contributed by atoms with Gasteiger partial charge in [0.05, 0.1) is 5.69 Å². The molecule has 2 fully saturated rings. The molecular weight excluding hydrogens is 342 g/mol. The van der Waals surface area contributed by atoms with Gasteiger partial charge in [0.15, 0.2) is 17.5 Å². The molecule has 27 heavy (non-hydrogen) atoms. The molecule has 3 aromatic heterocycles. The fraction of sp³-hybridized carbons (Fsp3) is 0.526. The van der Waals surface area contributed by atoms with Crippen LogP contribution < -0.4 is 4.90 Å². The molecule has 0 N–H and O–H groups in total. The van der Waals surface area contributed by atoms with E-state index >= 15 is 0 Å². The van der Waals surface area contributed by atoms with E-state index in [4.69, 9.17) is 4.52 Å². The third-order valence-electron chi connectivity index (χ3n) is 5.43. The molecule has 0 spiro atoms. The largest absolute Gasteiger partial charge is 0.355 e. The summed E-state index contributed by atoms with van der Waals surface area (Å²) < 4.78 is 7.24. The molecule has 1 saturated carbocycles. The zero-order valence-electron chi connectivity index (χ0n) is 15.7. The van der Waals surface area contributed by atoms with Crippen molar-refractivity contribution in [2.75, 3.05) is 18.0 Å². The van der Waals surface area contributed by atoms with Gasteiger partial charge in [-0.1, -0.05) is 5.16 Å². The van der Waals surface area contributed by atoms with Gasteiger partial charge in [-0.25, -0.2) is 4.68 Å². The van der Waals surface area contributed by atoms with Gasteiger partial charge in [-0.3, -0.25) is 0 Å². The van der Waals surface area contributed by atoms with Gasteiger partial charge in [-0.2, -0.15) is 10.1 Å². The Balaban J connectivity index is 1.24. The molecule has 0 amide bonds. The zero-order chi connectivity index (χ0) is 18.4. The summed E-state index contributed by atoms with van der Waals surface area (Å²) in [5.74, 6) is 4.26. The maximum absolute atomic E-state index is 5.41. The number of piperidine rings is 1. The molecule has 3 aromatic rings. The molecule has 0 aromatic carbocycles. The van der Waals surface area contributed by atoms with Crippen molar-refractivity contribution in [1.82, 2.24) is 30.1 Å². The van der Waals surface area contributed by atoms with Crippen molar-refractivity contribution in [3.8, 4) is 5.82 Å². The van der Waals surface area contributed by atoms with Gasteiger partial charge in [0.1, 0.15) is 0 Å². The van der Waals surface area contributed by atoms with Crippen LogP contribution >= 0.6 is 0 Å². The number of anilines is 1. The number of aromatic nitrogens is 6. The molecule has 1 aliphatic carbocycles. The highest BCUT2D eigenvalue weighted by Gasteiger charge is 2.32. The fourth-order valence-electron chi connectivity index (χ4n) is 3.74. The van der Waals surface area contributed by atoms with Crippen LogP contribution in [0.4, 0.5) is 5.82 Å². The topological polar surface area (TPSA) is 85.8 Å². The van der Waals surface area contributed by atoms with E-state index in [1.807, 2.05) is 36.7 Å². The van der Waals surface area contributed by atoms with Crippen LogP contribution in [0.3, 0.4) is 0 Å². The first-order chi connectivity index (χ1) is 13.2. The van der Waals surface area contributed by atoms with Crippen molar-refractivity contribution in [2.45, 2.75) is 51.4 Å². The van der Waals surface area contributed by atoms with E-state index in [0.29, 0.717) is 11.8 Å². The summed E-state index contributed by atoms with van der Waals surface area (Å²) in [7, 11) is 0. The molecule has 2 aliphatic rings. The molecule has 140 valence electrons. The van der Waals surface area contributed by atoms with Crippen LogP contribution in [0.15, 0.2) is 22.7 Å². The van der Waals surface area contributed by atoms with Crippen LogP contribution in [-0.2, 0) is 0 Å². The second-order valence-electron chi connectivity index (χ2n) is 7.62. The molecule has 1 saturated heterocycles. The van der Waals surface area contributed by atoms with Crippen LogP contribution in [0.25, 0.3) is 5.82 Å². The first-order valence-electron chi connectivity index (χ1n) is 9.63. The second-order valence-corrected chi connectivity index (χ2v) is 7.62. The predicted octanol–water partition coefficient (Wildman–Crippen LogP) is 2.92. The van der Waals surface area contributed by atoms with Gasteiger partial charge in [0.2, 0.25) is 5.89 Å². The molecule has 8 heteroatoms. The van der Waals surface area contributed by atoms with E-state index in [9.17, 15) is 0 Å². The maximum Gasteiger partial charge on any atom is 0.229 e. The third-order valence-corrected chi connectivity index (χ3v) is 5.43. The Morgan fingerprint density at radius 1 is 0.963 bits per heavy atom. The molecule has 0 unspecified atom stereocenters. The quantitative estimate of drug-likeness (QED) is 0.702. The molecule has 4 heterocycles. The minimum Gasteiger partial charge on any atom is -0.355 e. The van der Waals surface area contributed by atoms with Gasteiger partial charge in [-0.15, -0.1) is 10.2 Å². The van der Waals surface area contributed by atoms with Crippen LogP contribution in [-0.4, -0.2) is 43.2 Å². The number of rotatable bonds is 4. The lowest BCUT2D eigenvalue weighted by molar-refractivity contribution is 0.364. The Kier molecular flexibility index (Phi) is 3.91. The van der Waals surface area contributed by atoms with E-state index in [0.717, 1.165) is 60.7 Å². The number of hydrogen-bond acceptors (Lipinski definition) is 7. The van der Waals surface area contributed by atoms with Crippen molar-refractivity contribution in [2.24, 2.45) is 0 Å². The lowest BCUT2D eigenvalue weighted by atomic mass is 9.96. The third kappa shape index (κ3) is 3.20. The molecule has 0 bridgehead atoms. The van der Waals surface area contributed by atoms with Gasteiger partial charge in [0.25, 0.3) is 0 Å². The Labute approximate surface area is 157 Å². The second kappa shape index (κ2) is 6.44. The van der Waals surface area contributed by atoms with Crippen molar-refractivity contribution in [3.63, 3.8) is 0 Å². The summed E-state index contributed by atoms with van der Waals surface area (Å²) in [6.07, 6.45) is 4.38. The first kappa shape index (κ1) is 16.4. The van der Waals surface area contributed by atoms with E-state index in [-0.39, 0.29) is 0 Å². The monoisotopic (exact) mass is 365 g/mol. The van der Waals surface area contributed by atoms with E-state index in [2.05, 4.69) is 30.3 Å². The summed E-state index contributed by atoms with van der Waals surface area (Å²) in [6.45, 7) is 5.84. The molecule has 8 nitrogen and oxygen atoms in total.